The van der Waals surface area contributed by atoms with Gasteiger partial charge in [0.1, 0.15) is 0 Å². The molecule has 1 saturated heterocycles. The molecule has 1 aliphatic carbocycles. The Kier molecular flexibility index (Phi) is 5.92. The molecule has 0 unspecified atom stereocenters. The fraction of sp³-hybridized carbons (Fsp3) is 0.400. The highest BCUT2D eigenvalue weighted by Gasteiger charge is 2.30. The maximum absolute atomic E-state index is 12.8. The molecule has 2 aromatic rings. The minimum Gasteiger partial charge on any atom is -0.335 e. The molecule has 0 radical (unpaired) electrons. The summed E-state index contributed by atoms with van der Waals surface area (Å²) < 4.78 is 0. The van der Waals surface area contributed by atoms with E-state index in [0.29, 0.717) is 28.0 Å². The molecule has 2 amide bonds. The Morgan fingerprint density at radius 1 is 1.07 bits per heavy atom. The van der Waals surface area contributed by atoms with Crippen LogP contribution in [0.1, 0.15) is 28.1 Å². The Labute approximate surface area is 178 Å². The first-order valence-corrected chi connectivity index (χ1v) is 10.9. The minimum absolute atomic E-state index is 0.0253. The highest BCUT2D eigenvalue weighted by atomic mass is 35.5. The zero-order valence-electron chi connectivity index (χ0n) is 15.3. The van der Waals surface area contributed by atoms with Crippen LogP contribution in [-0.4, -0.2) is 47.8 Å². The second kappa shape index (κ2) is 8.41. The topological polar surface area (TPSA) is 52.7 Å². The van der Waals surface area contributed by atoms with E-state index >= 15 is 0 Å². The number of amides is 2. The maximum atomic E-state index is 12.8. The summed E-state index contributed by atoms with van der Waals surface area (Å²) in [7, 11) is 0. The van der Waals surface area contributed by atoms with Crippen LogP contribution in [0.3, 0.4) is 0 Å². The van der Waals surface area contributed by atoms with E-state index in [9.17, 15) is 9.59 Å². The lowest BCUT2D eigenvalue weighted by molar-refractivity contribution is -0.117. The van der Waals surface area contributed by atoms with Crippen LogP contribution in [0.2, 0.25) is 10.0 Å². The van der Waals surface area contributed by atoms with Crippen LogP contribution in [0.4, 0.5) is 5.00 Å². The molecule has 1 aromatic heterocycles. The molecule has 2 aliphatic rings. The number of carbonyl (C=O) groups is 2. The van der Waals surface area contributed by atoms with E-state index in [-0.39, 0.29) is 17.7 Å². The standard InChI is InChI=1S/C20H21Cl2N3O2S/c21-15-3-1-2-14(18(15)22)12-24-8-10-25(11-9-24)20(27)16-6-7-17(28-16)23-19(26)13-4-5-13/h1-3,6-7,13H,4-5,8-12H2,(H,23,26). The lowest BCUT2D eigenvalue weighted by Gasteiger charge is -2.34. The zero-order chi connectivity index (χ0) is 19.7. The molecule has 1 aromatic carbocycles. The molecule has 0 spiro atoms. The summed E-state index contributed by atoms with van der Waals surface area (Å²) in [4.78, 5) is 29.4. The van der Waals surface area contributed by atoms with Crippen molar-refractivity contribution in [2.45, 2.75) is 19.4 Å². The third-order valence-corrected chi connectivity index (χ3v) is 6.94. The molecule has 148 valence electrons. The summed E-state index contributed by atoms with van der Waals surface area (Å²) in [6.45, 7) is 3.62. The number of piperazine rings is 1. The van der Waals surface area contributed by atoms with E-state index in [1.54, 1.807) is 12.1 Å². The summed E-state index contributed by atoms with van der Waals surface area (Å²) in [6.07, 6.45) is 1.93. The summed E-state index contributed by atoms with van der Waals surface area (Å²) in [5.74, 6) is 0.244. The van der Waals surface area contributed by atoms with Gasteiger partial charge in [-0.15, -0.1) is 11.3 Å². The van der Waals surface area contributed by atoms with Crippen molar-refractivity contribution in [2.24, 2.45) is 5.92 Å². The number of benzene rings is 1. The number of nitrogens with one attached hydrogen (secondary N) is 1. The fourth-order valence-corrected chi connectivity index (χ4v) is 4.52. The molecule has 28 heavy (non-hydrogen) atoms. The second-order valence-corrected chi connectivity index (χ2v) is 9.08. The van der Waals surface area contributed by atoms with Crippen molar-refractivity contribution in [3.8, 4) is 0 Å². The first-order chi connectivity index (χ1) is 13.5. The van der Waals surface area contributed by atoms with E-state index in [0.717, 1.165) is 43.0 Å². The third kappa shape index (κ3) is 4.51. The predicted octanol–water partition coefficient (Wildman–Crippen LogP) is 4.36. The smallest absolute Gasteiger partial charge is 0.264 e. The number of thiophene rings is 1. The van der Waals surface area contributed by atoms with Crippen LogP contribution < -0.4 is 5.32 Å². The van der Waals surface area contributed by atoms with Crippen LogP contribution in [0.15, 0.2) is 30.3 Å². The van der Waals surface area contributed by atoms with Crippen LogP contribution in [0, 0.1) is 5.92 Å². The van der Waals surface area contributed by atoms with Gasteiger partial charge in [-0.3, -0.25) is 14.5 Å². The molecule has 0 atom stereocenters. The molecular formula is C20H21Cl2N3O2S. The molecular weight excluding hydrogens is 417 g/mol. The van der Waals surface area contributed by atoms with Crippen LogP contribution in [-0.2, 0) is 11.3 Å². The number of carbonyl (C=O) groups excluding carboxylic acids is 2. The molecule has 1 N–H and O–H groups in total. The lowest BCUT2D eigenvalue weighted by atomic mass is 10.2. The van der Waals surface area contributed by atoms with Gasteiger partial charge in [0, 0.05) is 38.6 Å². The van der Waals surface area contributed by atoms with E-state index in [2.05, 4.69) is 10.2 Å². The van der Waals surface area contributed by atoms with Gasteiger partial charge in [0.15, 0.2) is 0 Å². The minimum atomic E-state index is 0.0253. The highest BCUT2D eigenvalue weighted by Crippen LogP contribution is 2.32. The van der Waals surface area contributed by atoms with Gasteiger partial charge in [-0.25, -0.2) is 0 Å². The van der Waals surface area contributed by atoms with Gasteiger partial charge in [0.25, 0.3) is 5.91 Å². The van der Waals surface area contributed by atoms with Crippen molar-refractivity contribution in [3.63, 3.8) is 0 Å². The number of halogens is 2. The van der Waals surface area contributed by atoms with E-state index in [4.69, 9.17) is 23.2 Å². The van der Waals surface area contributed by atoms with E-state index < -0.39 is 0 Å². The highest BCUT2D eigenvalue weighted by molar-refractivity contribution is 7.18. The summed E-state index contributed by atoms with van der Waals surface area (Å²) in [5, 5.41) is 4.81. The van der Waals surface area contributed by atoms with Crippen molar-refractivity contribution in [3.05, 3.63) is 50.8 Å². The maximum Gasteiger partial charge on any atom is 0.264 e. The van der Waals surface area contributed by atoms with Crippen LogP contribution in [0.25, 0.3) is 0 Å². The van der Waals surface area contributed by atoms with Crippen molar-refractivity contribution < 1.29 is 9.59 Å². The van der Waals surface area contributed by atoms with Gasteiger partial charge in [-0.2, -0.15) is 0 Å². The summed E-state index contributed by atoms with van der Waals surface area (Å²) in [5.41, 5.74) is 1.00. The Bertz CT molecular complexity index is 889. The zero-order valence-corrected chi connectivity index (χ0v) is 17.6. The molecule has 2 heterocycles. The van der Waals surface area contributed by atoms with Crippen LogP contribution >= 0.6 is 34.5 Å². The molecule has 1 saturated carbocycles. The number of rotatable bonds is 5. The van der Waals surface area contributed by atoms with E-state index in [1.165, 1.54) is 11.3 Å². The Balaban J connectivity index is 1.31. The Morgan fingerprint density at radius 3 is 2.54 bits per heavy atom. The summed E-state index contributed by atoms with van der Waals surface area (Å²) in [6, 6.07) is 9.28. The number of hydrogen-bond acceptors (Lipinski definition) is 4. The quantitative estimate of drug-likeness (QED) is 0.755. The van der Waals surface area contributed by atoms with Gasteiger partial charge in [-0.1, -0.05) is 35.3 Å². The van der Waals surface area contributed by atoms with Crippen molar-refractivity contribution in [2.75, 3.05) is 31.5 Å². The summed E-state index contributed by atoms with van der Waals surface area (Å²) >= 11 is 13.7. The predicted molar refractivity (Wildman–Crippen MR) is 113 cm³/mol. The van der Waals surface area contributed by atoms with Crippen molar-refractivity contribution in [1.82, 2.24) is 9.80 Å². The van der Waals surface area contributed by atoms with Crippen LogP contribution in [0.5, 0.6) is 0 Å². The number of hydrogen-bond donors (Lipinski definition) is 1. The molecule has 5 nitrogen and oxygen atoms in total. The van der Waals surface area contributed by atoms with Gasteiger partial charge in [0.2, 0.25) is 5.91 Å². The van der Waals surface area contributed by atoms with Gasteiger partial charge >= 0.3 is 0 Å². The van der Waals surface area contributed by atoms with E-state index in [1.807, 2.05) is 23.1 Å². The van der Waals surface area contributed by atoms with Crippen molar-refractivity contribution in [1.29, 1.82) is 0 Å². The monoisotopic (exact) mass is 437 g/mol. The van der Waals surface area contributed by atoms with Gasteiger partial charge < -0.3 is 10.2 Å². The third-order valence-electron chi connectivity index (χ3n) is 5.10. The molecule has 2 fully saturated rings. The van der Waals surface area contributed by atoms with Gasteiger partial charge in [-0.05, 0) is 36.6 Å². The first kappa shape index (κ1) is 19.7. The fourth-order valence-electron chi connectivity index (χ4n) is 3.27. The Morgan fingerprint density at radius 2 is 1.82 bits per heavy atom. The average Bonchev–Trinajstić information content (AvgIpc) is 3.45. The normalized spacial score (nSPS) is 17.6. The first-order valence-electron chi connectivity index (χ1n) is 9.36. The molecule has 8 heteroatoms. The SMILES string of the molecule is O=C(Nc1ccc(C(=O)N2CCN(Cc3cccc(Cl)c3Cl)CC2)s1)C1CC1. The second-order valence-electron chi connectivity index (χ2n) is 7.21. The molecule has 0 bridgehead atoms. The number of nitrogens with zero attached hydrogens (tertiary/aromatic N) is 2. The number of anilines is 1. The Hall–Kier alpha value is -1.60. The average molecular weight is 438 g/mol. The largest absolute Gasteiger partial charge is 0.335 e. The van der Waals surface area contributed by atoms with Gasteiger partial charge in [0.05, 0.1) is 19.9 Å². The molecule has 4 rings (SSSR count). The molecule has 1 aliphatic heterocycles. The van der Waals surface area contributed by atoms with Crippen molar-refractivity contribution >= 4 is 51.4 Å². The lowest BCUT2D eigenvalue weighted by Crippen LogP contribution is -2.48.